The van der Waals surface area contributed by atoms with Gasteiger partial charge in [-0.3, -0.25) is 4.79 Å². The molecule has 2 unspecified atom stereocenters. The molecule has 1 aromatic carbocycles. The predicted molar refractivity (Wildman–Crippen MR) is 134 cm³/mol. The number of carbonyl (C=O) groups excluding carboxylic acids is 1. The number of benzene rings is 1. The van der Waals surface area contributed by atoms with Gasteiger partial charge in [-0.1, -0.05) is 12.1 Å². The third kappa shape index (κ3) is 6.46. The van der Waals surface area contributed by atoms with Gasteiger partial charge in [-0.05, 0) is 49.6 Å². The van der Waals surface area contributed by atoms with Crippen LogP contribution in [0.15, 0.2) is 52.1 Å². The van der Waals surface area contributed by atoms with Crippen molar-refractivity contribution in [3.63, 3.8) is 0 Å². The molecule has 2 aliphatic heterocycles. The van der Waals surface area contributed by atoms with Crippen molar-refractivity contribution in [2.45, 2.75) is 38.5 Å². The van der Waals surface area contributed by atoms with E-state index in [1.807, 2.05) is 24.3 Å². The van der Waals surface area contributed by atoms with E-state index in [4.69, 9.17) is 18.9 Å². The number of morpholine rings is 1. The van der Waals surface area contributed by atoms with Crippen molar-refractivity contribution in [3.8, 4) is 0 Å². The summed E-state index contributed by atoms with van der Waals surface area (Å²) in [6.07, 6.45) is 3.91. The zero-order valence-corrected chi connectivity index (χ0v) is 20.6. The first-order valence-electron chi connectivity index (χ1n) is 10.9. The van der Waals surface area contributed by atoms with Crippen molar-refractivity contribution in [2.75, 3.05) is 38.2 Å². The molecule has 0 aliphatic carbocycles. The number of furan rings is 1. The number of nitrogens with zero attached hydrogens (tertiary/aromatic N) is 2. The molecule has 2 N–H and O–H groups in total. The fraction of sp³-hybridized carbons (Fsp3) is 0.478. The number of amides is 1. The number of guanidine groups is 1. The largest absolute Gasteiger partial charge is 0.459 e. The van der Waals surface area contributed by atoms with Crippen molar-refractivity contribution in [1.82, 2.24) is 10.2 Å². The maximum absolute atomic E-state index is 12.2. The fourth-order valence-corrected chi connectivity index (χ4v) is 3.93. The number of hydrogen-bond donors (Lipinski definition) is 2. The highest BCUT2D eigenvalue weighted by Crippen LogP contribution is 2.21. The van der Waals surface area contributed by atoms with Crippen molar-refractivity contribution in [3.05, 3.63) is 54.0 Å². The number of carbonyl (C=O) groups is 1. The number of hydrogen-bond acceptors (Lipinski definition) is 5. The zero-order chi connectivity index (χ0) is 21.5. The monoisotopic (exact) mass is 554 g/mol. The van der Waals surface area contributed by atoms with E-state index >= 15 is 0 Å². The van der Waals surface area contributed by atoms with E-state index in [1.54, 1.807) is 12.1 Å². The van der Waals surface area contributed by atoms with E-state index in [2.05, 4.69) is 22.5 Å². The van der Waals surface area contributed by atoms with E-state index in [0.717, 1.165) is 50.6 Å². The van der Waals surface area contributed by atoms with Crippen LogP contribution in [-0.2, 0) is 16.0 Å². The lowest BCUT2D eigenvalue weighted by Gasteiger charge is -2.37. The number of nitrogens with one attached hydrogen (secondary N) is 2. The number of halogens is 1. The second kappa shape index (κ2) is 12.2. The molecule has 32 heavy (non-hydrogen) atoms. The average molecular weight is 554 g/mol. The molecule has 1 aromatic heterocycles. The first-order valence-corrected chi connectivity index (χ1v) is 10.9. The summed E-state index contributed by atoms with van der Waals surface area (Å²) in [6.45, 7) is 6.44. The van der Waals surface area contributed by atoms with Crippen LogP contribution in [0.5, 0.6) is 0 Å². The molecule has 2 fully saturated rings. The Kier molecular flexibility index (Phi) is 9.36. The Bertz CT molecular complexity index is 884. The lowest BCUT2D eigenvalue weighted by atomic mass is 10.1. The Morgan fingerprint density at radius 2 is 2.06 bits per heavy atom. The van der Waals surface area contributed by atoms with E-state index in [0.29, 0.717) is 18.8 Å². The maximum atomic E-state index is 12.2. The molecule has 8 nitrogen and oxygen atoms in total. The second-order valence-corrected chi connectivity index (χ2v) is 7.71. The number of anilines is 1. The van der Waals surface area contributed by atoms with Gasteiger partial charge in [0.15, 0.2) is 11.7 Å². The van der Waals surface area contributed by atoms with Gasteiger partial charge >= 0.3 is 0 Å². The summed E-state index contributed by atoms with van der Waals surface area (Å²) < 4.78 is 16.9. The standard InChI is InChI=1S/C23H30N4O4.HI/c1-2-24-23(27-10-13-31-21(16-27)19-8-4-11-29-19)25-15-17-6-3-7-18(14-17)26-22(28)20-9-5-12-30-20;/h3,5-7,9,12,14,19,21H,2,4,8,10-11,13,15-16H2,1H3,(H,24,25)(H,26,28);1H. The van der Waals surface area contributed by atoms with E-state index < -0.39 is 0 Å². The molecule has 2 aliphatic rings. The van der Waals surface area contributed by atoms with Gasteiger partial charge in [-0.15, -0.1) is 24.0 Å². The SMILES string of the molecule is CCNC(=NCc1cccc(NC(=O)c2ccco2)c1)N1CCOC(C2CCCO2)C1.I. The van der Waals surface area contributed by atoms with Crippen LogP contribution in [0.4, 0.5) is 5.69 Å². The van der Waals surface area contributed by atoms with E-state index in [9.17, 15) is 4.79 Å². The molecular formula is C23H31IN4O4. The molecule has 2 atom stereocenters. The van der Waals surface area contributed by atoms with Gasteiger partial charge in [-0.2, -0.15) is 0 Å². The molecule has 0 saturated carbocycles. The zero-order valence-electron chi connectivity index (χ0n) is 18.3. The van der Waals surface area contributed by atoms with Crippen LogP contribution >= 0.6 is 24.0 Å². The number of ether oxygens (including phenoxy) is 2. The Hall–Kier alpha value is -2.11. The normalized spacial score (nSPS) is 21.2. The van der Waals surface area contributed by atoms with Crippen LogP contribution in [0.2, 0.25) is 0 Å². The summed E-state index contributed by atoms with van der Waals surface area (Å²) in [4.78, 5) is 19.3. The van der Waals surface area contributed by atoms with Gasteiger partial charge in [0.05, 0.1) is 25.5 Å². The molecule has 1 amide bonds. The molecule has 2 saturated heterocycles. The highest BCUT2D eigenvalue weighted by molar-refractivity contribution is 14.0. The number of rotatable bonds is 6. The lowest BCUT2D eigenvalue weighted by Crippen LogP contribution is -2.53. The fourth-order valence-electron chi connectivity index (χ4n) is 3.93. The first kappa shape index (κ1) is 24.5. The van der Waals surface area contributed by atoms with Crippen LogP contribution in [0.1, 0.15) is 35.9 Å². The Balaban J connectivity index is 0.00000289. The minimum atomic E-state index is -0.271. The van der Waals surface area contributed by atoms with Gasteiger partial charge in [0.1, 0.15) is 6.10 Å². The molecule has 0 bridgehead atoms. The molecule has 0 radical (unpaired) electrons. The molecule has 9 heteroatoms. The lowest BCUT2D eigenvalue weighted by molar-refractivity contribution is -0.0817. The summed E-state index contributed by atoms with van der Waals surface area (Å²) in [5.74, 6) is 0.886. The van der Waals surface area contributed by atoms with Crippen LogP contribution in [-0.4, -0.2) is 61.8 Å². The minimum Gasteiger partial charge on any atom is -0.459 e. The smallest absolute Gasteiger partial charge is 0.291 e. The molecule has 3 heterocycles. The molecule has 0 spiro atoms. The Labute approximate surface area is 205 Å². The van der Waals surface area contributed by atoms with Crippen LogP contribution in [0.3, 0.4) is 0 Å². The van der Waals surface area contributed by atoms with Crippen molar-refractivity contribution in [2.24, 2.45) is 4.99 Å². The van der Waals surface area contributed by atoms with Gasteiger partial charge in [0.2, 0.25) is 0 Å². The third-order valence-electron chi connectivity index (χ3n) is 5.45. The predicted octanol–water partition coefficient (Wildman–Crippen LogP) is 3.50. The van der Waals surface area contributed by atoms with Crippen LogP contribution in [0.25, 0.3) is 0 Å². The minimum absolute atomic E-state index is 0. The summed E-state index contributed by atoms with van der Waals surface area (Å²) in [5.41, 5.74) is 1.72. The summed E-state index contributed by atoms with van der Waals surface area (Å²) in [7, 11) is 0. The highest BCUT2D eigenvalue weighted by Gasteiger charge is 2.32. The highest BCUT2D eigenvalue weighted by atomic mass is 127. The quantitative estimate of drug-likeness (QED) is 0.323. The Morgan fingerprint density at radius 1 is 1.19 bits per heavy atom. The van der Waals surface area contributed by atoms with Crippen molar-refractivity contribution in [1.29, 1.82) is 0 Å². The van der Waals surface area contributed by atoms with E-state index in [1.165, 1.54) is 6.26 Å². The summed E-state index contributed by atoms with van der Waals surface area (Å²) in [6, 6.07) is 11.0. The van der Waals surface area contributed by atoms with Crippen LogP contribution < -0.4 is 10.6 Å². The van der Waals surface area contributed by atoms with Gasteiger partial charge in [0.25, 0.3) is 5.91 Å². The molecule has 174 valence electrons. The first-order chi connectivity index (χ1) is 15.2. The average Bonchev–Trinajstić information content (AvgIpc) is 3.52. The van der Waals surface area contributed by atoms with Gasteiger partial charge < -0.3 is 29.4 Å². The third-order valence-corrected chi connectivity index (χ3v) is 5.45. The number of aliphatic imine (C=N–C) groups is 1. The maximum Gasteiger partial charge on any atom is 0.291 e. The van der Waals surface area contributed by atoms with Crippen molar-refractivity contribution < 1.29 is 18.7 Å². The molecular weight excluding hydrogens is 523 g/mol. The van der Waals surface area contributed by atoms with Gasteiger partial charge in [-0.25, -0.2) is 4.99 Å². The Morgan fingerprint density at radius 3 is 2.81 bits per heavy atom. The van der Waals surface area contributed by atoms with Crippen LogP contribution in [0, 0.1) is 0 Å². The summed E-state index contributed by atoms with van der Waals surface area (Å²) in [5, 5.41) is 6.26. The molecule has 4 rings (SSSR count). The van der Waals surface area contributed by atoms with Crippen molar-refractivity contribution >= 4 is 41.5 Å². The molecule has 2 aromatic rings. The van der Waals surface area contributed by atoms with E-state index in [-0.39, 0.29) is 47.9 Å². The topological polar surface area (TPSA) is 88.3 Å². The second-order valence-electron chi connectivity index (χ2n) is 7.71. The van der Waals surface area contributed by atoms with Gasteiger partial charge in [0, 0.05) is 31.9 Å². The summed E-state index contributed by atoms with van der Waals surface area (Å²) >= 11 is 0.